The van der Waals surface area contributed by atoms with Crippen LogP contribution >= 0.6 is 0 Å². The first-order valence-electron chi connectivity index (χ1n) is 8.17. The molecule has 3 heteroatoms. The molecule has 0 aliphatic heterocycles. The fourth-order valence-corrected chi connectivity index (χ4v) is 3.80. The first-order chi connectivity index (χ1) is 10.2. The van der Waals surface area contributed by atoms with Gasteiger partial charge in [0.05, 0.1) is 18.6 Å². The van der Waals surface area contributed by atoms with Gasteiger partial charge in [-0.05, 0) is 50.4 Å². The summed E-state index contributed by atoms with van der Waals surface area (Å²) in [5.74, 6) is -0.0823. The summed E-state index contributed by atoms with van der Waals surface area (Å²) in [7, 11) is 0. The predicted molar refractivity (Wildman–Crippen MR) is 85.2 cm³/mol. The number of fused-ring (bicyclic) bond motifs is 1. The monoisotopic (exact) mass is 289 g/mol. The molecule has 1 atom stereocenters. The number of esters is 1. The maximum Gasteiger partial charge on any atom is 0.308 e. The second-order valence-electron chi connectivity index (χ2n) is 5.70. The topological polar surface area (TPSA) is 29.5 Å². The largest absolute Gasteiger partial charge is 0.466 e. The van der Waals surface area contributed by atoms with Crippen molar-refractivity contribution in [2.24, 2.45) is 0 Å². The van der Waals surface area contributed by atoms with Crippen molar-refractivity contribution < 1.29 is 9.53 Å². The van der Waals surface area contributed by atoms with E-state index < -0.39 is 0 Å². The lowest BCUT2D eigenvalue weighted by Crippen LogP contribution is -2.49. The van der Waals surface area contributed by atoms with Crippen LogP contribution < -0.4 is 0 Å². The van der Waals surface area contributed by atoms with Gasteiger partial charge in [0.25, 0.3) is 0 Å². The molecule has 0 radical (unpaired) electrons. The third-order valence-electron chi connectivity index (χ3n) is 4.67. The quantitative estimate of drug-likeness (QED) is 0.751. The van der Waals surface area contributed by atoms with Crippen LogP contribution in [0.1, 0.15) is 51.2 Å². The van der Waals surface area contributed by atoms with E-state index in [0.717, 1.165) is 32.4 Å². The Bertz CT molecular complexity index is 482. The summed E-state index contributed by atoms with van der Waals surface area (Å²) >= 11 is 0. The number of hydrogen-bond acceptors (Lipinski definition) is 3. The highest BCUT2D eigenvalue weighted by atomic mass is 16.5. The van der Waals surface area contributed by atoms with Crippen LogP contribution in [-0.2, 0) is 21.5 Å². The molecule has 0 saturated carbocycles. The van der Waals surface area contributed by atoms with Gasteiger partial charge >= 0.3 is 5.97 Å². The van der Waals surface area contributed by atoms with Gasteiger partial charge in [-0.25, -0.2) is 0 Å². The van der Waals surface area contributed by atoms with Crippen LogP contribution in [0.15, 0.2) is 24.3 Å². The van der Waals surface area contributed by atoms with Crippen molar-refractivity contribution in [3.8, 4) is 0 Å². The Labute approximate surface area is 128 Å². The lowest BCUT2D eigenvalue weighted by atomic mass is 9.73. The van der Waals surface area contributed by atoms with Crippen molar-refractivity contribution in [1.82, 2.24) is 4.90 Å². The molecular weight excluding hydrogens is 262 g/mol. The van der Waals surface area contributed by atoms with Gasteiger partial charge in [0, 0.05) is 0 Å². The van der Waals surface area contributed by atoms with Crippen LogP contribution in [-0.4, -0.2) is 30.6 Å². The fraction of sp³-hybridized carbons (Fsp3) is 0.611. The Morgan fingerprint density at radius 1 is 1.24 bits per heavy atom. The van der Waals surface area contributed by atoms with E-state index in [0.29, 0.717) is 13.0 Å². The number of hydrogen-bond donors (Lipinski definition) is 0. The van der Waals surface area contributed by atoms with Gasteiger partial charge in [-0.1, -0.05) is 38.1 Å². The summed E-state index contributed by atoms with van der Waals surface area (Å²) in [5, 5.41) is 0. The highest BCUT2D eigenvalue weighted by Gasteiger charge is 2.42. The molecule has 0 N–H and O–H groups in total. The maximum absolute atomic E-state index is 12.2. The molecule has 0 saturated heterocycles. The summed E-state index contributed by atoms with van der Waals surface area (Å²) in [5.41, 5.74) is 2.53. The van der Waals surface area contributed by atoms with Crippen molar-refractivity contribution in [1.29, 1.82) is 0 Å². The van der Waals surface area contributed by atoms with Gasteiger partial charge in [0.1, 0.15) is 0 Å². The van der Waals surface area contributed by atoms with Gasteiger partial charge in [-0.2, -0.15) is 0 Å². The van der Waals surface area contributed by atoms with E-state index in [-0.39, 0.29) is 11.5 Å². The summed E-state index contributed by atoms with van der Waals surface area (Å²) < 4.78 is 5.26. The molecule has 1 aliphatic carbocycles. The summed E-state index contributed by atoms with van der Waals surface area (Å²) in [4.78, 5) is 14.6. The normalized spacial score (nSPS) is 21.1. The van der Waals surface area contributed by atoms with Crippen LogP contribution in [0.25, 0.3) is 0 Å². The predicted octanol–water partition coefficient (Wildman–Crippen LogP) is 3.51. The van der Waals surface area contributed by atoms with Gasteiger partial charge in [0.2, 0.25) is 0 Å². The molecule has 0 spiro atoms. The Kier molecular flexibility index (Phi) is 5.40. The van der Waals surface area contributed by atoms with Crippen molar-refractivity contribution in [3.63, 3.8) is 0 Å². The number of carbonyl (C=O) groups is 1. The van der Waals surface area contributed by atoms with Crippen molar-refractivity contribution in [3.05, 3.63) is 35.4 Å². The number of benzene rings is 1. The summed E-state index contributed by atoms with van der Waals surface area (Å²) in [6, 6.07) is 8.60. The average molecular weight is 289 g/mol. The summed E-state index contributed by atoms with van der Waals surface area (Å²) in [6.45, 7) is 8.57. The molecule has 0 heterocycles. The first kappa shape index (κ1) is 16.0. The number of ether oxygens (including phenoxy) is 1. The number of aryl methyl sites for hydroxylation is 1. The SMILES string of the molecule is CCOC(=O)CC1(N(CC)CC)CCCc2ccccc21. The van der Waals surface area contributed by atoms with Gasteiger partial charge in [0.15, 0.2) is 0 Å². The van der Waals surface area contributed by atoms with Crippen LogP contribution in [0, 0.1) is 0 Å². The molecule has 1 aromatic rings. The second-order valence-corrected chi connectivity index (χ2v) is 5.70. The molecule has 116 valence electrons. The number of nitrogens with zero attached hydrogens (tertiary/aromatic N) is 1. The fourth-order valence-electron chi connectivity index (χ4n) is 3.80. The molecule has 1 aromatic carbocycles. The molecule has 21 heavy (non-hydrogen) atoms. The third kappa shape index (κ3) is 3.13. The zero-order valence-corrected chi connectivity index (χ0v) is 13.5. The molecule has 0 aromatic heterocycles. The first-order valence-corrected chi connectivity index (χ1v) is 8.17. The maximum atomic E-state index is 12.2. The van der Waals surface area contributed by atoms with Crippen LogP contribution in [0.5, 0.6) is 0 Å². The van der Waals surface area contributed by atoms with E-state index in [4.69, 9.17) is 4.74 Å². The average Bonchev–Trinajstić information content (AvgIpc) is 2.49. The Hall–Kier alpha value is -1.35. The van der Waals surface area contributed by atoms with Crippen molar-refractivity contribution in [2.75, 3.05) is 19.7 Å². The van der Waals surface area contributed by atoms with Gasteiger partial charge in [-0.3, -0.25) is 9.69 Å². The summed E-state index contributed by atoms with van der Waals surface area (Å²) in [6.07, 6.45) is 3.74. The van der Waals surface area contributed by atoms with Crippen LogP contribution in [0.3, 0.4) is 0 Å². The third-order valence-corrected chi connectivity index (χ3v) is 4.67. The molecule has 0 amide bonds. The molecule has 3 nitrogen and oxygen atoms in total. The van der Waals surface area contributed by atoms with E-state index in [1.807, 2.05) is 6.92 Å². The highest BCUT2D eigenvalue weighted by molar-refractivity contribution is 5.71. The lowest BCUT2D eigenvalue weighted by molar-refractivity contribution is -0.147. The van der Waals surface area contributed by atoms with Gasteiger partial charge in [-0.15, -0.1) is 0 Å². The zero-order chi connectivity index (χ0) is 15.3. The Morgan fingerprint density at radius 2 is 1.95 bits per heavy atom. The molecule has 0 fully saturated rings. The molecule has 1 unspecified atom stereocenters. The van der Waals surface area contributed by atoms with Crippen molar-refractivity contribution in [2.45, 2.75) is 52.0 Å². The highest BCUT2D eigenvalue weighted by Crippen LogP contribution is 2.42. The minimum absolute atomic E-state index is 0.0823. The zero-order valence-electron chi connectivity index (χ0n) is 13.5. The van der Waals surface area contributed by atoms with E-state index in [1.165, 1.54) is 11.1 Å². The van der Waals surface area contributed by atoms with E-state index >= 15 is 0 Å². The molecule has 2 rings (SSSR count). The minimum atomic E-state index is -0.190. The standard InChI is InChI=1S/C18H27NO2/c1-4-19(5-2)18(14-17(20)21-6-3)13-9-11-15-10-7-8-12-16(15)18/h7-8,10,12H,4-6,9,11,13-14H2,1-3H3. The van der Waals surface area contributed by atoms with Crippen molar-refractivity contribution >= 4 is 5.97 Å². The Balaban J connectivity index is 2.44. The lowest BCUT2D eigenvalue weighted by Gasteiger charge is -2.46. The molecular formula is C18H27NO2. The molecule has 0 bridgehead atoms. The van der Waals surface area contributed by atoms with E-state index in [2.05, 4.69) is 43.0 Å². The minimum Gasteiger partial charge on any atom is -0.466 e. The van der Waals surface area contributed by atoms with Crippen LogP contribution in [0.4, 0.5) is 0 Å². The second kappa shape index (κ2) is 7.08. The smallest absolute Gasteiger partial charge is 0.308 e. The van der Waals surface area contributed by atoms with E-state index in [9.17, 15) is 4.79 Å². The van der Waals surface area contributed by atoms with Gasteiger partial charge < -0.3 is 4.74 Å². The van der Waals surface area contributed by atoms with E-state index in [1.54, 1.807) is 0 Å². The molecule has 1 aliphatic rings. The number of rotatable bonds is 6. The van der Waals surface area contributed by atoms with Crippen LogP contribution in [0.2, 0.25) is 0 Å². The Morgan fingerprint density at radius 3 is 2.62 bits per heavy atom. The number of carbonyl (C=O) groups excluding carboxylic acids is 1.